The largest absolute Gasteiger partial charge is 0.309 e. The molecular formula is C72H46N2. The fourth-order valence-corrected chi connectivity index (χ4v) is 14.0. The van der Waals surface area contributed by atoms with Crippen molar-refractivity contribution in [2.75, 3.05) is 4.90 Å². The van der Waals surface area contributed by atoms with Crippen LogP contribution in [0.5, 0.6) is 0 Å². The third kappa shape index (κ3) is 5.33. The third-order valence-corrected chi connectivity index (χ3v) is 16.9. The van der Waals surface area contributed by atoms with E-state index in [-0.39, 0.29) is 0 Å². The van der Waals surface area contributed by atoms with Gasteiger partial charge in [-0.05, 0) is 120 Å². The van der Waals surface area contributed by atoms with Gasteiger partial charge in [0.15, 0.2) is 0 Å². The molecule has 2 nitrogen and oxygen atoms in total. The van der Waals surface area contributed by atoms with E-state index in [2.05, 4.69) is 289 Å². The van der Waals surface area contributed by atoms with Crippen molar-refractivity contribution in [1.29, 1.82) is 0 Å². The van der Waals surface area contributed by atoms with Crippen molar-refractivity contribution in [3.63, 3.8) is 0 Å². The van der Waals surface area contributed by atoms with Gasteiger partial charge in [-0.25, -0.2) is 0 Å². The number of anilines is 3. The molecule has 1 aromatic heterocycles. The van der Waals surface area contributed by atoms with Crippen LogP contribution < -0.4 is 4.90 Å². The van der Waals surface area contributed by atoms with Gasteiger partial charge >= 0.3 is 0 Å². The van der Waals surface area contributed by atoms with Crippen LogP contribution in [0, 0.1) is 0 Å². The fourth-order valence-electron chi connectivity index (χ4n) is 14.0. The zero-order valence-electron chi connectivity index (χ0n) is 40.5. The third-order valence-electron chi connectivity index (χ3n) is 16.9. The van der Waals surface area contributed by atoms with Crippen LogP contribution in [0.4, 0.5) is 17.1 Å². The molecule has 12 aromatic carbocycles. The van der Waals surface area contributed by atoms with E-state index in [9.17, 15) is 0 Å². The molecule has 0 amide bonds. The first-order chi connectivity index (χ1) is 36.7. The SMILES string of the molecule is c1ccc(C2(c3ccccc3)c3ccccc3-c3ccc(N(c4ccccc4-c4ccc5c(c4)C4(c6ccccc6-5)c5ccccc5-n5c6ccccc6c6cccc4c65)c4cccc5ccccc45)cc32)cc1. The minimum atomic E-state index is -0.570. The number of hydrogen-bond acceptors (Lipinski definition) is 1. The summed E-state index contributed by atoms with van der Waals surface area (Å²) >= 11 is 0. The molecule has 16 rings (SSSR count). The van der Waals surface area contributed by atoms with Crippen LogP contribution in [0.25, 0.3) is 71.6 Å². The summed E-state index contributed by atoms with van der Waals surface area (Å²) in [5.41, 5.74) is 23.7. The summed E-state index contributed by atoms with van der Waals surface area (Å²) in [7, 11) is 0. The summed E-state index contributed by atoms with van der Waals surface area (Å²) in [4.78, 5) is 2.54. The number of nitrogens with zero attached hydrogens (tertiary/aromatic N) is 2. The second-order valence-electron chi connectivity index (χ2n) is 20.2. The van der Waals surface area contributed by atoms with Crippen molar-refractivity contribution in [2.24, 2.45) is 0 Å². The summed E-state index contributed by atoms with van der Waals surface area (Å²) in [6.07, 6.45) is 0. The highest BCUT2D eigenvalue weighted by molar-refractivity contribution is 6.13. The van der Waals surface area contributed by atoms with Crippen molar-refractivity contribution in [2.45, 2.75) is 10.8 Å². The molecule has 1 atom stereocenters. The first kappa shape index (κ1) is 41.2. The van der Waals surface area contributed by atoms with Gasteiger partial charge in [0, 0.05) is 27.4 Å². The molecule has 3 aliphatic rings. The Morgan fingerprint density at radius 1 is 0.297 bits per heavy atom. The van der Waals surface area contributed by atoms with E-state index in [1.807, 2.05) is 0 Å². The highest BCUT2D eigenvalue weighted by Crippen LogP contribution is 2.62. The molecule has 0 bridgehead atoms. The minimum absolute atomic E-state index is 0.553. The highest BCUT2D eigenvalue weighted by Gasteiger charge is 2.51. The molecule has 0 saturated heterocycles. The lowest BCUT2D eigenvalue weighted by molar-refractivity contribution is 0.749. The molecule has 74 heavy (non-hydrogen) atoms. The standard InChI is InChI=1S/C72H46N2/c1-3-23-49(24-4-1)71(50-25-5-2-6-26-50)60-33-13-9-29-54(60)57-44-42-51(46-65(57)71)73(67-40-19-22-47-21-7-8-27-52(47)67)66-37-16-11-28-53(66)48-41-43-56-55-30-10-14-34-61(55)72(64(56)45-48)62-35-15-18-39-69(62)74-68-38-17-12-31-58(68)59-32-20-36-63(72)70(59)74/h1-46H. The Hall–Kier alpha value is -9.50. The molecule has 2 heterocycles. The maximum absolute atomic E-state index is 2.54. The molecule has 13 aromatic rings. The van der Waals surface area contributed by atoms with Gasteiger partial charge in [0.1, 0.15) is 0 Å². The molecule has 1 spiro atoms. The maximum Gasteiger partial charge on any atom is 0.0754 e. The van der Waals surface area contributed by atoms with E-state index in [4.69, 9.17) is 0 Å². The predicted molar refractivity (Wildman–Crippen MR) is 307 cm³/mol. The Morgan fingerprint density at radius 2 is 0.811 bits per heavy atom. The number of hydrogen-bond donors (Lipinski definition) is 0. The van der Waals surface area contributed by atoms with Gasteiger partial charge in [0.05, 0.1) is 38.9 Å². The van der Waals surface area contributed by atoms with Crippen LogP contribution >= 0.6 is 0 Å². The van der Waals surface area contributed by atoms with E-state index < -0.39 is 10.8 Å². The quantitative estimate of drug-likeness (QED) is 0.161. The molecule has 2 aliphatic carbocycles. The smallest absolute Gasteiger partial charge is 0.0754 e. The fraction of sp³-hybridized carbons (Fsp3) is 0.0278. The maximum atomic E-state index is 2.54. The molecule has 0 radical (unpaired) electrons. The van der Waals surface area contributed by atoms with Crippen molar-refractivity contribution in [3.05, 3.63) is 324 Å². The molecule has 2 heteroatoms. The first-order valence-electron chi connectivity index (χ1n) is 25.8. The average Bonchev–Trinajstić information content (AvgIpc) is 4.10. The van der Waals surface area contributed by atoms with Crippen LogP contribution in [0.15, 0.2) is 279 Å². The average molecular weight is 939 g/mol. The summed E-state index contributed by atoms with van der Waals surface area (Å²) < 4.78 is 2.53. The predicted octanol–water partition coefficient (Wildman–Crippen LogP) is 18.1. The second kappa shape index (κ2) is 15.5. The zero-order valence-corrected chi connectivity index (χ0v) is 40.5. The summed E-state index contributed by atoms with van der Waals surface area (Å²) in [5, 5.41) is 4.95. The molecule has 1 unspecified atom stereocenters. The number of para-hydroxylation sites is 4. The monoisotopic (exact) mass is 938 g/mol. The summed E-state index contributed by atoms with van der Waals surface area (Å²) in [6, 6.07) is 105. The molecule has 344 valence electrons. The molecule has 0 saturated carbocycles. The van der Waals surface area contributed by atoms with E-state index >= 15 is 0 Å². The van der Waals surface area contributed by atoms with Gasteiger partial charge in [-0.3, -0.25) is 0 Å². The van der Waals surface area contributed by atoms with Gasteiger partial charge in [-0.2, -0.15) is 0 Å². The molecular weight excluding hydrogens is 893 g/mol. The lowest BCUT2D eigenvalue weighted by atomic mass is 9.65. The number of rotatable bonds is 6. The highest BCUT2D eigenvalue weighted by atomic mass is 15.1. The molecule has 0 fully saturated rings. The van der Waals surface area contributed by atoms with E-state index in [1.54, 1.807) is 0 Å². The lowest BCUT2D eigenvalue weighted by Gasteiger charge is -2.39. The molecule has 0 N–H and O–H groups in total. The van der Waals surface area contributed by atoms with Crippen LogP contribution in [-0.2, 0) is 10.8 Å². The Kier molecular flexibility index (Phi) is 8.62. The second-order valence-corrected chi connectivity index (χ2v) is 20.2. The van der Waals surface area contributed by atoms with Crippen molar-refractivity contribution < 1.29 is 0 Å². The van der Waals surface area contributed by atoms with Gasteiger partial charge in [-0.1, -0.05) is 237 Å². The van der Waals surface area contributed by atoms with Gasteiger partial charge < -0.3 is 9.47 Å². The Labute approximate surface area is 430 Å². The Morgan fingerprint density at radius 3 is 1.58 bits per heavy atom. The normalized spacial score (nSPS) is 15.2. The zero-order chi connectivity index (χ0) is 48.5. The van der Waals surface area contributed by atoms with Gasteiger partial charge in [-0.15, -0.1) is 0 Å². The van der Waals surface area contributed by atoms with Crippen molar-refractivity contribution in [1.82, 2.24) is 4.57 Å². The number of fused-ring (bicyclic) bond motifs is 16. The lowest BCUT2D eigenvalue weighted by Crippen LogP contribution is -2.33. The molecule has 1 aliphatic heterocycles. The van der Waals surface area contributed by atoms with Crippen LogP contribution in [0.3, 0.4) is 0 Å². The van der Waals surface area contributed by atoms with Crippen LogP contribution in [0.2, 0.25) is 0 Å². The summed E-state index contributed by atoms with van der Waals surface area (Å²) in [5.74, 6) is 0. The van der Waals surface area contributed by atoms with Crippen LogP contribution in [-0.4, -0.2) is 4.57 Å². The Balaban J connectivity index is 0.965. The van der Waals surface area contributed by atoms with E-state index in [0.717, 1.165) is 22.6 Å². The van der Waals surface area contributed by atoms with Crippen molar-refractivity contribution in [3.8, 4) is 39.1 Å². The summed E-state index contributed by atoms with van der Waals surface area (Å²) in [6.45, 7) is 0. The van der Waals surface area contributed by atoms with Gasteiger partial charge in [0.2, 0.25) is 0 Å². The van der Waals surface area contributed by atoms with E-state index in [0.29, 0.717) is 0 Å². The Bertz CT molecular complexity index is 4400. The first-order valence-corrected chi connectivity index (χ1v) is 25.8. The minimum Gasteiger partial charge on any atom is -0.309 e. The van der Waals surface area contributed by atoms with E-state index in [1.165, 1.54) is 111 Å². The van der Waals surface area contributed by atoms with Crippen molar-refractivity contribution >= 4 is 49.6 Å². The number of benzene rings is 12. The van der Waals surface area contributed by atoms with Crippen LogP contribution in [0.1, 0.15) is 44.5 Å². The number of aromatic nitrogens is 1. The topological polar surface area (TPSA) is 8.17 Å². The van der Waals surface area contributed by atoms with Gasteiger partial charge in [0.25, 0.3) is 0 Å².